The molecule has 0 aliphatic carbocycles. The van der Waals surface area contributed by atoms with Gasteiger partial charge in [-0.25, -0.2) is 4.98 Å². The summed E-state index contributed by atoms with van der Waals surface area (Å²) < 4.78 is 9.04. The summed E-state index contributed by atoms with van der Waals surface area (Å²) in [6.07, 6.45) is 2.39. The normalized spacial score (nSPS) is 11.7. The fourth-order valence-electron chi connectivity index (χ4n) is 2.36. The van der Waals surface area contributed by atoms with Crippen LogP contribution in [0.15, 0.2) is 27.6 Å². The number of furan rings is 1. The van der Waals surface area contributed by atoms with Crippen molar-refractivity contribution in [3.63, 3.8) is 0 Å². The SMILES string of the molecule is CCCn1c(=O)sc2c1nc(N)n1nc(-c3ccco3)nc21. The Bertz CT molecular complexity index is 1030. The van der Waals surface area contributed by atoms with E-state index in [0.717, 1.165) is 17.8 Å². The summed E-state index contributed by atoms with van der Waals surface area (Å²) in [6.45, 7) is 2.60. The van der Waals surface area contributed by atoms with Crippen LogP contribution in [-0.2, 0) is 6.54 Å². The largest absolute Gasteiger partial charge is 0.461 e. The molecule has 0 aromatic carbocycles. The number of aromatic nitrogens is 5. The van der Waals surface area contributed by atoms with E-state index in [1.807, 2.05) is 6.92 Å². The highest BCUT2D eigenvalue weighted by molar-refractivity contribution is 7.17. The molecule has 0 bridgehead atoms. The lowest BCUT2D eigenvalue weighted by atomic mass is 10.4. The molecule has 0 unspecified atom stereocenters. The van der Waals surface area contributed by atoms with Gasteiger partial charge in [-0.3, -0.25) is 9.36 Å². The number of fused-ring (bicyclic) bond motifs is 3. The van der Waals surface area contributed by atoms with Gasteiger partial charge in [-0.15, -0.1) is 5.10 Å². The number of nitrogens with two attached hydrogens (primary N) is 1. The predicted octanol–water partition coefficient (Wildman–Crippen LogP) is 1.75. The molecule has 2 N–H and O–H groups in total. The minimum Gasteiger partial charge on any atom is -0.461 e. The average Bonchev–Trinajstić information content (AvgIpc) is 3.19. The predicted molar refractivity (Wildman–Crippen MR) is 82.8 cm³/mol. The first-order valence-electron chi connectivity index (χ1n) is 6.78. The van der Waals surface area contributed by atoms with E-state index in [1.54, 1.807) is 23.0 Å². The van der Waals surface area contributed by atoms with Crippen LogP contribution >= 0.6 is 11.3 Å². The molecule has 0 spiro atoms. The summed E-state index contributed by atoms with van der Waals surface area (Å²) in [7, 11) is 0. The Morgan fingerprint density at radius 1 is 1.36 bits per heavy atom. The lowest BCUT2D eigenvalue weighted by Crippen LogP contribution is -2.13. The zero-order chi connectivity index (χ0) is 15.3. The molecule has 22 heavy (non-hydrogen) atoms. The van der Waals surface area contributed by atoms with Crippen LogP contribution in [-0.4, -0.2) is 24.1 Å². The summed E-state index contributed by atoms with van der Waals surface area (Å²) in [5.41, 5.74) is 7.05. The van der Waals surface area contributed by atoms with E-state index in [4.69, 9.17) is 10.2 Å². The average molecular weight is 316 g/mol. The van der Waals surface area contributed by atoms with Gasteiger partial charge in [-0.05, 0) is 18.6 Å². The molecule has 4 aromatic heterocycles. The molecule has 0 saturated heterocycles. The van der Waals surface area contributed by atoms with Crippen LogP contribution in [0.25, 0.3) is 27.6 Å². The first-order valence-corrected chi connectivity index (χ1v) is 7.60. The number of rotatable bonds is 3. The smallest absolute Gasteiger partial charge is 0.309 e. The van der Waals surface area contributed by atoms with Gasteiger partial charge < -0.3 is 10.2 Å². The van der Waals surface area contributed by atoms with E-state index in [0.29, 0.717) is 34.1 Å². The molecule has 0 aliphatic heterocycles. The lowest BCUT2D eigenvalue weighted by molar-refractivity contribution is 0.577. The summed E-state index contributed by atoms with van der Waals surface area (Å²) >= 11 is 1.10. The molecule has 4 heterocycles. The molecule has 0 radical (unpaired) electrons. The molecule has 0 aliphatic rings. The van der Waals surface area contributed by atoms with Crippen molar-refractivity contribution in [2.24, 2.45) is 0 Å². The maximum Gasteiger partial charge on any atom is 0.309 e. The Kier molecular flexibility index (Phi) is 2.76. The van der Waals surface area contributed by atoms with Gasteiger partial charge in [0.1, 0.15) is 4.70 Å². The molecule has 8 nitrogen and oxygen atoms in total. The van der Waals surface area contributed by atoms with Crippen molar-refractivity contribution < 1.29 is 4.42 Å². The zero-order valence-electron chi connectivity index (χ0n) is 11.7. The quantitative estimate of drug-likeness (QED) is 0.617. The number of thiazole rings is 1. The second-order valence-corrected chi connectivity index (χ2v) is 5.75. The standard InChI is InChI=1S/C13H12N6O2S/c1-2-5-18-10-8(22-13(18)20)11-15-9(7-4-3-6-21-7)17-19(11)12(14)16-10/h3-4,6H,2,5H2,1H3,(H2,14,16). The Morgan fingerprint density at radius 2 is 2.23 bits per heavy atom. The highest BCUT2D eigenvalue weighted by Gasteiger charge is 2.19. The Morgan fingerprint density at radius 3 is 2.95 bits per heavy atom. The van der Waals surface area contributed by atoms with Gasteiger partial charge in [-0.1, -0.05) is 18.3 Å². The third-order valence-corrected chi connectivity index (χ3v) is 4.27. The maximum atomic E-state index is 12.1. The number of anilines is 1. The number of aryl methyl sites for hydroxylation is 1. The van der Waals surface area contributed by atoms with Crippen molar-refractivity contribution in [1.82, 2.24) is 24.1 Å². The van der Waals surface area contributed by atoms with E-state index in [-0.39, 0.29) is 10.8 Å². The number of nitrogen functional groups attached to an aromatic ring is 1. The highest BCUT2D eigenvalue weighted by atomic mass is 32.1. The van der Waals surface area contributed by atoms with Crippen molar-refractivity contribution in [1.29, 1.82) is 0 Å². The van der Waals surface area contributed by atoms with Gasteiger partial charge in [0.25, 0.3) is 0 Å². The van der Waals surface area contributed by atoms with Gasteiger partial charge >= 0.3 is 4.87 Å². The maximum absolute atomic E-state index is 12.1. The van der Waals surface area contributed by atoms with E-state index in [9.17, 15) is 4.79 Å². The van der Waals surface area contributed by atoms with Gasteiger partial charge in [0.2, 0.25) is 11.8 Å². The van der Waals surface area contributed by atoms with E-state index in [2.05, 4.69) is 15.1 Å². The number of nitrogens with zero attached hydrogens (tertiary/aromatic N) is 5. The summed E-state index contributed by atoms with van der Waals surface area (Å²) in [6, 6.07) is 3.52. The van der Waals surface area contributed by atoms with Crippen LogP contribution in [0, 0.1) is 0 Å². The fourth-order valence-corrected chi connectivity index (χ4v) is 3.29. The third-order valence-electron chi connectivity index (χ3n) is 3.30. The van der Waals surface area contributed by atoms with Crippen molar-refractivity contribution in [2.45, 2.75) is 19.9 Å². The molecule has 4 rings (SSSR count). The van der Waals surface area contributed by atoms with Crippen LogP contribution in [0.5, 0.6) is 0 Å². The fraction of sp³-hybridized carbons (Fsp3) is 0.231. The number of hydrogen-bond donors (Lipinski definition) is 1. The van der Waals surface area contributed by atoms with Crippen LogP contribution in [0.3, 0.4) is 0 Å². The first-order chi connectivity index (χ1) is 10.7. The zero-order valence-corrected chi connectivity index (χ0v) is 12.5. The van der Waals surface area contributed by atoms with Crippen LogP contribution in [0.1, 0.15) is 13.3 Å². The topological polar surface area (TPSA) is 104 Å². The van der Waals surface area contributed by atoms with Gasteiger partial charge in [0, 0.05) is 6.54 Å². The van der Waals surface area contributed by atoms with Crippen LogP contribution in [0.2, 0.25) is 0 Å². The molecule has 9 heteroatoms. The van der Waals surface area contributed by atoms with Crippen LogP contribution in [0.4, 0.5) is 5.95 Å². The first kappa shape index (κ1) is 13.0. The van der Waals surface area contributed by atoms with Gasteiger partial charge in [-0.2, -0.15) is 9.50 Å². The summed E-state index contributed by atoms with van der Waals surface area (Å²) in [5, 5.41) is 4.31. The van der Waals surface area contributed by atoms with Crippen molar-refractivity contribution in [3.8, 4) is 11.6 Å². The highest BCUT2D eigenvalue weighted by Crippen LogP contribution is 2.25. The molecular formula is C13H12N6O2S. The Labute approximate surface area is 127 Å². The molecular weight excluding hydrogens is 304 g/mol. The molecule has 0 amide bonds. The lowest BCUT2D eigenvalue weighted by Gasteiger charge is -2.01. The van der Waals surface area contributed by atoms with E-state index in [1.165, 1.54) is 4.52 Å². The second-order valence-electron chi connectivity index (χ2n) is 4.79. The van der Waals surface area contributed by atoms with Crippen molar-refractivity contribution >= 4 is 33.3 Å². The number of hydrogen-bond acceptors (Lipinski definition) is 7. The third kappa shape index (κ3) is 1.75. The second kappa shape index (κ2) is 4.67. The monoisotopic (exact) mass is 316 g/mol. The minimum absolute atomic E-state index is 0.0700. The van der Waals surface area contributed by atoms with Crippen molar-refractivity contribution in [2.75, 3.05) is 5.73 Å². The molecule has 0 fully saturated rings. The van der Waals surface area contributed by atoms with Crippen LogP contribution < -0.4 is 10.6 Å². The Hall–Kier alpha value is -2.68. The molecule has 112 valence electrons. The van der Waals surface area contributed by atoms with E-state index >= 15 is 0 Å². The molecule has 4 aromatic rings. The van der Waals surface area contributed by atoms with Gasteiger partial charge in [0.05, 0.1) is 6.26 Å². The van der Waals surface area contributed by atoms with Crippen molar-refractivity contribution in [3.05, 3.63) is 28.1 Å². The Balaban J connectivity index is 2.07. The van der Waals surface area contributed by atoms with E-state index < -0.39 is 0 Å². The summed E-state index contributed by atoms with van der Waals surface area (Å²) in [4.78, 5) is 20.8. The molecule has 0 saturated carbocycles. The van der Waals surface area contributed by atoms with Gasteiger partial charge in [0.15, 0.2) is 17.1 Å². The molecule has 0 atom stereocenters. The minimum atomic E-state index is -0.0700. The summed E-state index contributed by atoms with van der Waals surface area (Å²) in [5.74, 6) is 1.14.